The van der Waals surface area contributed by atoms with Crippen LogP contribution in [0.3, 0.4) is 0 Å². The second-order valence-corrected chi connectivity index (χ2v) is 7.63. The Morgan fingerprint density at radius 1 is 1.03 bits per heavy atom. The molecule has 0 radical (unpaired) electrons. The standard InChI is InChI=1S/C27H24N4O4/c1-3-34-20(32)16-31-24(25(33)18-13-9-6-10-14-18)23(29)22-21(17-11-7-5-8-12-17)19(15-28)27(35-4-2)30-26(22)31/h5-14H,3-4,16,29H2,1-2H3. The number of ether oxygens (including phenoxy) is 2. The monoisotopic (exact) mass is 468 g/mol. The number of fused-ring (bicyclic) bond motifs is 1. The number of benzene rings is 2. The molecular formula is C27H24N4O4. The van der Waals surface area contributed by atoms with Gasteiger partial charge in [0.05, 0.1) is 24.3 Å². The van der Waals surface area contributed by atoms with Gasteiger partial charge in [-0.05, 0) is 19.4 Å². The molecule has 4 rings (SSSR count). The number of rotatable bonds is 8. The molecule has 0 atom stereocenters. The van der Waals surface area contributed by atoms with E-state index >= 15 is 0 Å². The number of nitrogen functional groups attached to an aromatic ring is 1. The van der Waals surface area contributed by atoms with Crippen molar-refractivity contribution in [3.05, 3.63) is 77.5 Å². The number of carbonyl (C=O) groups is 2. The van der Waals surface area contributed by atoms with Crippen LogP contribution in [0.25, 0.3) is 22.2 Å². The van der Waals surface area contributed by atoms with Crippen molar-refractivity contribution < 1.29 is 19.1 Å². The third-order valence-corrected chi connectivity index (χ3v) is 5.49. The molecule has 35 heavy (non-hydrogen) atoms. The molecule has 0 aliphatic carbocycles. The molecule has 0 fully saturated rings. The fourth-order valence-corrected chi connectivity index (χ4v) is 4.07. The first kappa shape index (κ1) is 23.5. The van der Waals surface area contributed by atoms with Crippen molar-refractivity contribution >= 4 is 28.5 Å². The number of pyridine rings is 1. The molecule has 2 aromatic carbocycles. The zero-order valence-corrected chi connectivity index (χ0v) is 19.4. The van der Waals surface area contributed by atoms with E-state index < -0.39 is 5.97 Å². The molecule has 2 N–H and O–H groups in total. The molecule has 0 aliphatic rings. The molecule has 8 heteroatoms. The van der Waals surface area contributed by atoms with Crippen LogP contribution in [0.5, 0.6) is 5.88 Å². The van der Waals surface area contributed by atoms with Gasteiger partial charge in [0.1, 0.15) is 29.5 Å². The lowest BCUT2D eigenvalue weighted by Gasteiger charge is -2.13. The molecule has 0 unspecified atom stereocenters. The van der Waals surface area contributed by atoms with E-state index in [2.05, 4.69) is 11.1 Å². The lowest BCUT2D eigenvalue weighted by Crippen LogP contribution is -2.19. The Balaban J connectivity index is 2.13. The van der Waals surface area contributed by atoms with Crippen LogP contribution in [0.15, 0.2) is 60.7 Å². The van der Waals surface area contributed by atoms with Crippen LogP contribution in [-0.2, 0) is 16.1 Å². The Labute approximate surface area is 202 Å². The first-order valence-electron chi connectivity index (χ1n) is 11.2. The van der Waals surface area contributed by atoms with E-state index in [1.165, 1.54) is 4.57 Å². The normalized spacial score (nSPS) is 10.7. The second-order valence-electron chi connectivity index (χ2n) is 7.63. The van der Waals surface area contributed by atoms with Crippen molar-refractivity contribution in [1.29, 1.82) is 5.26 Å². The molecule has 2 heterocycles. The molecular weight excluding hydrogens is 444 g/mol. The Morgan fingerprint density at radius 3 is 2.29 bits per heavy atom. The van der Waals surface area contributed by atoms with Crippen molar-refractivity contribution in [2.75, 3.05) is 18.9 Å². The van der Waals surface area contributed by atoms with E-state index in [0.29, 0.717) is 22.1 Å². The first-order valence-corrected chi connectivity index (χ1v) is 11.2. The third-order valence-electron chi connectivity index (χ3n) is 5.49. The number of aromatic nitrogens is 2. The molecule has 2 aromatic heterocycles. The van der Waals surface area contributed by atoms with Gasteiger partial charge in [0.2, 0.25) is 11.7 Å². The summed E-state index contributed by atoms with van der Waals surface area (Å²) in [5, 5.41) is 10.5. The summed E-state index contributed by atoms with van der Waals surface area (Å²) in [6.07, 6.45) is 0. The smallest absolute Gasteiger partial charge is 0.326 e. The molecule has 0 saturated heterocycles. The van der Waals surface area contributed by atoms with Crippen LogP contribution in [0.2, 0.25) is 0 Å². The van der Waals surface area contributed by atoms with E-state index in [1.54, 1.807) is 44.2 Å². The highest BCUT2D eigenvalue weighted by Gasteiger charge is 2.30. The predicted octanol–water partition coefficient (Wildman–Crippen LogP) is 4.35. The van der Waals surface area contributed by atoms with E-state index in [-0.39, 0.29) is 54.0 Å². The molecule has 8 nitrogen and oxygen atoms in total. The first-order chi connectivity index (χ1) is 17.0. The third kappa shape index (κ3) is 4.32. The SMILES string of the molecule is CCOC(=O)Cn1c(C(=O)c2ccccc2)c(N)c2c(-c3ccccc3)c(C#N)c(OCC)nc21. The van der Waals surface area contributed by atoms with E-state index in [1.807, 2.05) is 30.3 Å². The maximum absolute atomic E-state index is 13.6. The average Bonchev–Trinajstić information content (AvgIpc) is 3.14. The van der Waals surface area contributed by atoms with Gasteiger partial charge >= 0.3 is 5.97 Å². The number of hydrogen-bond donors (Lipinski definition) is 1. The summed E-state index contributed by atoms with van der Waals surface area (Å²) in [5.74, 6) is -0.819. The number of ketones is 1. The van der Waals surface area contributed by atoms with Gasteiger partial charge < -0.3 is 19.8 Å². The van der Waals surface area contributed by atoms with Crippen molar-refractivity contribution in [2.24, 2.45) is 0 Å². The lowest BCUT2D eigenvalue weighted by molar-refractivity contribution is -0.143. The topological polar surface area (TPSA) is 120 Å². The Bertz CT molecular complexity index is 1440. The highest BCUT2D eigenvalue weighted by Crippen LogP contribution is 2.42. The number of nitriles is 1. The predicted molar refractivity (Wildman–Crippen MR) is 132 cm³/mol. The number of hydrogen-bond acceptors (Lipinski definition) is 7. The molecule has 0 spiro atoms. The number of anilines is 1. The number of esters is 1. The van der Waals surface area contributed by atoms with Gasteiger partial charge in [-0.15, -0.1) is 0 Å². The van der Waals surface area contributed by atoms with Gasteiger partial charge in [-0.2, -0.15) is 10.2 Å². The molecule has 0 aliphatic heterocycles. The van der Waals surface area contributed by atoms with Crippen LogP contribution in [0.1, 0.15) is 35.5 Å². The van der Waals surface area contributed by atoms with Crippen LogP contribution < -0.4 is 10.5 Å². The molecule has 0 amide bonds. The quantitative estimate of drug-likeness (QED) is 0.301. The fourth-order valence-electron chi connectivity index (χ4n) is 4.07. The number of carbonyl (C=O) groups excluding carboxylic acids is 2. The summed E-state index contributed by atoms with van der Waals surface area (Å²) in [5.41, 5.74) is 8.91. The minimum absolute atomic E-state index is 0.0986. The second kappa shape index (κ2) is 10.1. The van der Waals surface area contributed by atoms with Gasteiger partial charge in [-0.25, -0.2) is 0 Å². The van der Waals surface area contributed by atoms with Gasteiger partial charge in [-0.1, -0.05) is 60.7 Å². The fraction of sp³-hybridized carbons (Fsp3) is 0.185. The molecule has 176 valence electrons. The molecule has 4 aromatic rings. The van der Waals surface area contributed by atoms with Gasteiger partial charge in [0.25, 0.3) is 0 Å². The maximum Gasteiger partial charge on any atom is 0.326 e. The minimum Gasteiger partial charge on any atom is -0.477 e. The summed E-state index contributed by atoms with van der Waals surface area (Å²) in [6, 6.07) is 20.0. The van der Waals surface area contributed by atoms with Crippen molar-refractivity contribution in [2.45, 2.75) is 20.4 Å². The highest BCUT2D eigenvalue weighted by molar-refractivity contribution is 6.19. The van der Waals surface area contributed by atoms with E-state index in [4.69, 9.17) is 15.2 Å². The van der Waals surface area contributed by atoms with E-state index in [9.17, 15) is 14.9 Å². The van der Waals surface area contributed by atoms with Crippen LogP contribution in [-0.4, -0.2) is 34.5 Å². The van der Waals surface area contributed by atoms with Crippen molar-refractivity contribution in [3.8, 4) is 23.1 Å². The lowest BCUT2D eigenvalue weighted by atomic mass is 9.97. The summed E-state index contributed by atoms with van der Waals surface area (Å²) >= 11 is 0. The van der Waals surface area contributed by atoms with Crippen molar-refractivity contribution in [3.63, 3.8) is 0 Å². The highest BCUT2D eigenvalue weighted by atomic mass is 16.5. The van der Waals surface area contributed by atoms with Crippen LogP contribution in [0.4, 0.5) is 5.69 Å². The largest absolute Gasteiger partial charge is 0.477 e. The van der Waals surface area contributed by atoms with Gasteiger partial charge in [0, 0.05) is 11.1 Å². The molecule has 0 saturated carbocycles. The van der Waals surface area contributed by atoms with E-state index in [0.717, 1.165) is 0 Å². The molecule has 0 bridgehead atoms. The van der Waals surface area contributed by atoms with Crippen LogP contribution >= 0.6 is 0 Å². The summed E-state index contributed by atoms with van der Waals surface area (Å²) in [4.78, 5) is 30.8. The summed E-state index contributed by atoms with van der Waals surface area (Å²) in [6.45, 7) is 3.65. The zero-order chi connectivity index (χ0) is 24.9. The number of nitrogens with zero attached hydrogens (tertiary/aromatic N) is 3. The van der Waals surface area contributed by atoms with Gasteiger partial charge in [-0.3, -0.25) is 9.59 Å². The van der Waals surface area contributed by atoms with Gasteiger partial charge in [0.15, 0.2) is 0 Å². The summed E-state index contributed by atoms with van der Waals surface area (Å²) in [7, 11) is 0. The van der Waals surface area contributed by atoms with Crippen LogP contribution in [0, 0.1) is 11.3 Å². The minimum atomic E-state index is -0.545. The average molecular weight is 469 g/mol. The summed E-state index contributed by atoms with van der Waals surface area (Å²) < 4.78 is 12.3. The Hall–Kier alpha value is -4.64. The zero-order valence-electron chi connectivity index (χ0n) is 19.4. The number of nitrogens with two attached hydrogens (primary N) is 1. The Kier molecular flexibility index (Phi) is 6.78. The Morgan fingerprint density at radius 2 is 1.69 bits per heavy atom. The van der Waals surface area contributed by atoms with Crippen molar-refractivity contribution in [1.82, 2.24) is 9.55 Å². The maximum atomic E-state index is 13.6.